The van der Waals surface area contributed by atoms with E-state index >= 15 is 0 Å². The van der Waals surface area contributed by atoms with E-state index < -0.39 is 23.0 Å². The summed E-state index contributed by atoms with van der Waals surface area (Å²) in [5.41, 5.74) is -0.413. The Bertz CT molecular complexity index is 686. The second kappa shape index (κ2) is 5.24. The van der Waals surface area contributed by atoms with E-state index in [2.05, 4.69) is 4.98 Å². The van der Waals surface area contributed by atoms with Gasteiger partial charge in [-0.1, -0.05) is 26.8 Å². The van der Waals surface area contributed by atoms with Crippen molar-refractivity contribution in [3.05, 3.63) is 53.2 Å². The molecule has 0 spiro atoms. The number of rotatable bonds is 2. The van der Waals surface area contributed by atoms with Crippen LogP contribution in [0.2, 0.25) is 0 Å². The predicted molar refractivity (Wildman–Crippen MR) is 75.2 cm³/mol. The Labute approximate surface area is 121 Å². The maximum absolute atomic E-state index is 13.8. The molecule has 0 bridgehead atoms. The lowest BCUT2D eigenvalue weighted by molar-refractivity contribution is 0.0693. The standard InChI is InChI=1S/C16H15F2NO2/c1-16(2,3)14-9(15(20)21)7-8-12(19-14)13-10(17)5-4-6-11(13)18/h4-8H,1-3H3,(H,20,21). The maximum Gasteiger partial charge on any atom is 0.337 e. The maximum atomic E-state index is 13.8. The number of nitrogens with zero attached hydrogens (tertiary/aromatic N) is 1. The van der Waals surface area contributed by atoms with Gasteiger partial charge in [0.1, 0.15) is 11.6 Å². The van der Waals surface area contributed by atoms with E-state index in [0.717, 1.165) is 12.1 Å². The molecule has 0 aliphatic carbocycles. The average molecular weight is 291 g/mol. The topological polar surface area (TPSA) is 50.2 Å². The number of aromatic nitrogens is 1. The molecule has 0 aliphatic rings. The number of pyridine rings is 1. The van der Waals surface area contributed by atoms with Gasteiger partial charge in [-0.15, -0.1) is 0 Å². The number of hydrogen-bond donors (Lipinski definition) is 1. The van der Waals surface area contributed by atoms with Gasteiger partial charge in [0.25, 0.3) is 0 Å². The van der Waals surface area contributed by atoms with E-state index in [0.29, 0.717) is 0 Å². The Hall–Kier alpha value is -2.30. The molecule has 0 saturated heterocycles. The fourth-order valence-electron chi connectivity index (χ4n) is 2.09. The van der Waals surface area contributed by atoms with Crippen LogP contribution in [0.4, 0.5) is 8.78 Å². The van der Waals surface area contributed by atoms with E-state index in [1.165, 1.54) is 18.2 Å². The summed E-state index contributed by atoms with van der Waals surface area (Å²) in [6, 6.07) is 6.20. The lowest BCUT2D eigenvalue weighted by atomic mass is 9.88. The number of carboxylic acids is 1. The number of aromatic carboxylic acids is 1. The Morgan fingerprint density at radius 1 is 1.10 bits per heavy atom. The van der Waals surface area contributed by atoms with Crippen LogP contribution in [0.15, 0.2) is 30.3 Å². The summed E-state index contributed by atoms with van der Waals surface area (Å²) in [5, 5.41) is 9.21. The molecule has 0 unspecified atom stereocenters. The summed E-state index contributed by atoms with van der Waals surface area (Å²) in [5.74, 6) is -2.58. The first-order chi connectivity index (χ1) is 9.71. The first kappa shape index (κ1) is 15.1. The van der Waals surface area contributed by atoms with Gasteiger partial charge in [0.2, 0.25) is 0 Å². The molecule has 0 amide bonds. The summed E-state index contributed by atoms with van der Waals surface area (Å²) >= 11 is 0. The van der Waals surface area contributed by atoms with Crippen LogP contribution in [0.25, 0.3) is 11.3 Å². The minimum absolute atomic E-state index is 0.0306. The molecule has 110 valence electrons. The van der Waals surface area contributed by atoms with Gasteiger partial charge in [-0.2, -0.15) is 0 Å². The van der Waals surface area contributed by atoms with Crippen LogP contribution in [0.3, 0.4) is 0 Å². The highest BCUT2D eigenvalue weighted by Gasteiger charge is 2.25. The molecule has 2 rings (SSSR count). The Kier molecular flexibility index (Phi) is 3.77. The number of carbonyl (C=O) groups is 1. The fraction of sp³-hybridized carbons (Fsp3) is 0.250. The molecule has 0 aliphatic heterocycles. The quantitative estimate of drug-likeness (QED) is 0.909. The first-order valence-electron chi connectivity index (χ1n) is 6.41. The van der Waals surface area contributed by atoms with Crippen molar-refractivity contribution in [1.29, 1.82) is 0 Å². The van der Waals surface area contributed by atoms with Gasteiger partial charge in [0, 0.05) is 5.41 Å². The third-order valence-electron chi connectivity index (χ3n) is 3.05. The molecule has 0 fully saturated rings. The molecule has 2 aromatic rings. The van der Waals surface area contributed by atoms with Crippen molar-refractivity contribution >= 4 is 5.97 Å². The Balaban J connectivity index is 2.71. The van der Waals surface area contributed by atoms with Gasteiger partial charge < -0.3 is 5.11 Å². The van der Waals surface area contributed by atoms with Crippen molar-refractivity contribution in [3.8, 4) is 11.3 Å². The normalized spacial score (nSPS) is 11.5. The number of carboxylic acid groups (broad SMARTS) is 1. The van der Waals surface area contributed by atoms with E-state index in [1.54, 1.807) is 20.8 Å². The third kappa shape index (κ3) is 2.91. The second-order valence-electron chi connectivity index (χ2n) is 5.74. The Morgan fingerprint density at radius 3 is 2.14 bits per heavy atom. The highest BCUT2D eigenvalue weighted by Crippen LogP contribution is 2.30. The lowest BCUT2D eigenvalue weighted by Gasteiger charge is -2.21. The van der Waals surface area contributed by atoms with Gasteiger partial charge in [0.05, 0.1) is 22.5 Å². The fourth-order valence-corrected chi connectivity index (χ4v) is 2.09. The minimum Gasteiger partial charge on any atom is -0.478 e. The van der Waals surface area contributed by atoms with Crippen molar-refractivity contribution in [3.63, 3.8) is 0 Å². The molecule has 0 atom stereocenters. The Morgan fingerprint density at radius 2 is 1.67 bits per heavy atom. The van der Waals surface area contributed by atoms with Crippen molar-refractivity contribution in [2.75, 3.05) is 0 Å². The average Bonchev–Trinajstić information content (AvgIpc) is 2.37. The largest absolute Gasteiger partial charge is 0.478 e. The highest BCUT2D eigenvalue weighted by molar-refractivity contribution is 5.89. The predicted octanol–water partition coefficient (Wildman–Crippen LogP) is 4.02. The van der Waals surface area contributed by atoms with Gasteiger partial charge in [-0.3, -0.25) is 4.98 Å². The first-order valence-corrected chi connectivity index (χ1v) is 6.41. The van der Waals surface area contributed by atoms with E-state index in [9.17, 15) is 18.7 Å². The molecule has 1 heterocycles. The zero-order valence-electron chi connectivity index (χ0n) is 11.9. The van der Waals surface area contributed by atoms with Gasteiger partial charge >= 0.3 is 5.97 Å². The summed E-state index contributed by atoms with van der Waals surface area (Å²) in [4.78, 5) is 15.5. The van der Waals surface area contributed by atoms with E-state index in [1.807, 2.05) is 0 Å². The molecule has 3 nitrogen and oxygen atoms in total. The SMILES string of the molecule is CC(C)(C)c1nc(-c2c(F)cccc2F)ccc1C(=O)O. The van der Waals surface area contributed by atoms with Crippen molar-refractivity contribution in [1.82, 2.24) is 4.98 Å². The van der Waals surface area contributed by atoms with E-state index in [4.69, 9.17) is 0 Å². The van der Waals surface area contributed by atoms with Gasteiger partial charge in [-0.05, 0) is 24.3 Å². The smallest absolute Gasteiger partial charge is 0.337 e. The lowest BCUT2D eigenvalue weighted by Crippen LogP contribution is -2.19. The third-order valence-corrected chi connectivity index (χ3v) is 3.05. The van der Waals surface area contributed by atoms with Crippen molar-refractivity contribution in [2.24, 2.45) is 0 Å². The van der Waals surface area contributed by atoms with Gasteiger partial charge in [0.15, 0.2) is 0 Å². The minimum atomic E-state index is -1.12. The number of halogens is 2. The van der Waals surface area contributed by atoms with Crippen molar-refractivity contribution < 1.29 is 18.7 Å². The van der Waals surface area contributed by atoms with Crippen LogP contribution >= 0.6 is 0 Å². The molecular formula is C16H15F2NO2. The van der Waals surface area contributed by atoms with Crippen LogP contribution in [0.1, 0.15) is 36.8 Å². The molecular weight excluding hydrogens is 276 g/mol. The van der Waals surface area contributed by atoms with Crippen LogP contribution < -0.4 is 0 Å². The second-order valence-corrected chi connectivity index (χ2v) is 5.74. The monoisotopic (exact) mass is 291 g/mol. The van der Waals surface area contributed by atoms with Crippen molar-refractivity contribution in [2.45, 2.75) is 26.2 Å². The summed E-state index contributed by atoms with van der Waals surface area (Å²) in [6.45, 7) is 5.38. The van der Waals surface area contributed by atoms with Crippen LogP contribution in [-0.2, 0) is 5.41 Å². The zero-order valence-corrected chi connectivity index (χ0v) is 11.9. The molecule has 5 heteroatoms. The summed E-state index contributed by atoms with van der Waals surface area (Å²) in [7, 11) is 0. The van der Waals surface area contributed by atoms with Crippen LogP contribution in [0.5, 0.6) is 0 Å². The molecule has 21 heavy (non-hydrogen) atoms. The van der Waals surface area contributed by atoms with Crippen LogP contribution in [0, 0.1) is 11.6 Å². The van der Waals surface area contributed by atoms with E-state index in [-0.39, 0.29) is 22.5 Å². The molecule has 0 radical (unpaired) electrons. The zero-order chi connectivity index (χ0) is 15.8. The molecule has 1 N–H and O–H groups in total. The summed E-state index contributed by atoms with van der Waals surface area (Å²) in [6.07, 6.45) is 0. The number of hydrogen-bond acceptors (Lipinski definition) is 2. The molecule has 1 aromatic heterocycles. The molecule has 0 saturated carbocycles. The highest BCUT2D eigenvalue weighted by atomic mass is 19.1. The number of benzene rings is 1. The molecule has 1 aromatic carbocycles. The van der Waals surface area contributed by atoms with Gasteiger partial charge in [-0.25, -0.2) is 13.6 Å². The van der Waals surface area contributed by atoms with Crippen LogP contribution in [-0.4, -0.2) is 16.1 Å². The summed E-state index contributed by atoms with van der Waals surface area (Å²) < 4.78 is 27.7.